The van der Waals surface area contributed by atoms with E-state index in [0.717, 1.165) is 11.5 Å². The lowest BCUT2D eigenvalue weighted by molar-refractivity contribution is 0.487. The number of para-hydroxylation sites is 3. The van der Waals surface area contributed by atoms with Crippen molar-refractivity contribution < 1.29 is 4.74 Å². The van der Waals surface area contributed by atoms with E-state index in [9.17, 15) is 0 Å². The normalized spacial score (nSPS) is 14.9. The van der Waals surface area contributed by atoms with E-state index < -0.39 is 0 Å². The molecular formula is C54H42B3N5O. The number of nitrogens with one attached hydrogen (secondary N) is 1. The Morgan fingerprint density at radius 3 is 1.65 bits per heavy atom. The predicted molar refractivity (Wildman–Crippen MR) is 269 cm³/mol. The van der Waals surface area contributed by atoms with Crippen LogP contribution < -0.4 is 78.8 Å². The molecule has 1 N–H and O–H groups in total. The molecule has 8 aromatic carbocycles. The molecule has 0 saturated heterocycles. The van der Waals surface area contributed by atoms with E-state index in [1.54, 1.807) is 0 Å². The molecule has 0 aromatic heterocycles. The monoisotopic (exact) mass is 809 g/mol. The number of nitrogens with zero attached hydrogens (tertiary/aromatic N) is 4. The number of rotatable bonds is 1. The SMILES string of the molecule is Cc1cc2c3c(c1)N(C)c1cc4c(cc1B3c1ccccc1O2)B1c2cc3c(cc2N(C)c2cc(C)cc(c21)N4C)Nc1cc(C)cc2c1B3c1ccccc1N2c1ccccc1. The van der Waals surface area contributed by atoms with Crippen LogP contribution in [-0.4, -0.2) is 41.3 Å². The number of hydrogen-bond acceptors (Lipinski definition) is 6. The summed E-state index contributed by atoms with van der Waals surface area (Å²) in [6.07, 6.45) is 0. The van der Waals surface area contributed by atoms with Gasteiger partial charge in [-0.25, -0.2) is 0 Å². The Bertz CT molecular complexity index is 3390. The average molecular weight is 809 g/mol. The Morgan fingerprint density at radius 2 is 0.921 bits per heavy atom. The Morgan fingerprint density at radius 1 is 0.381 bits per heavy atom. The number of anilines is 11. The summed E-state index contributed by atoms with van der Waals surface area (Å²) < 4.78 is 6.71. The minimum Gasteiger partial charge on any atom is -0.458 e. The Labute approximate surface area is 369 Å². The highest BCUT2D eigenvalue weighted by Gasteiger charge is 2.48. The molecule has 6 aliphatic rings. The fourth-order valence-corrected chi connectivity index (χ4v) is 12.3. The summed E-state index contributed by atoms with van der Waals surface area (Å²) in [5.41, 5.74) is 29.0. The van der Waals surface area contributed by atoms with Crippen LogP contribution >= 0.6 is 0 Å². The Kier molecular flexibility index (Phi) is 6.86. The molecule has 0 amide bonds. The molecule has 0 bridgehead atoms. The molecule has 0 aliphatic carbocycles. The zero-order valence-corrected chi connectivity index (χ0v) is 36.2. The van der Waals surface area contributed by atoms with E-state index in [1.165, 1.54) is 128 Å². The first-order valence-electron chi connectivity index (χ1n) is 22.2. The average Bonchev–Trinajstić information content (AvgIpc) is 3.29. The molecule has 6 aliphatic heterocycles. The van der Waals surface area contributed by atoms with Crippen molar-refractivity contribution in [3.8, 4) is 11.5 Å². The molecule has 63 heavy (non-hydrogen) atoms. The van der Waals surface area contributed by atoms with Crippen molar-refractivity contribution in [2.45, 2.75) is 20.8 Å². The third-order valence-corrected chi connectivity index (χ3v) is 15.0. The largest absolute Gasteiger partial charge is 0.458 e. The Balaban J connectivity index is 1.03. The van der Waals surface area contributed by atoms with Crippen LogP contribution in [0.4, 0.5) is 62.6 Å². The summed E-state index contributed by atoms with van der Waals surface area (Å²) >= 11 is 0. The summed E-state index contributed by atoms with van der Waals surface area (Å²) in [6.45, 7) is 6.75. The van der Waals surface area contributed by atoms with Crippen molar-refractivity contribution >= 4 is 132 Å². The van der Waals surface area contributed by atoms with Gasteiger partial charge in [-0.15, -0.1) is 0 Å². The van der Waals surface area contributed by atoms with Crippen LogP contribution in [0.1, 0.15) is 16.7 Å². The summed E-state index contributed by atoms with van der Waals surface area (Å²) in [5.74, 6) is 1.90. The topological polar surface area (TPSA) is 34.2 Å². The van der Waals surface area contributed by atoms with Gasteiger partial charge in [-0.05, 0) is 159 Å². The standard InChI is InChI=1S/C54H42B3N5O/c1-30-20-41-52-49(24-30)62(33-14-8-7-9-15-33)42-18-12-10-16-34(42)55(52)36-26-37-43(28-40(36)58-41)59(4)46-21-31(2)22-47-53(46)57(37)39-27-38-44(29-45(39)60(47)5)61(6)48-23-32(3)25-51-54(48)56(38)35-17-11-13-19-50(35)63-51/h7-29,58H,1-6H3. The maximum atomic E-state index is 6.71. The van der Waals surface area contributed by atoms with Crippen molar-refractivity contribution in [2.24, 2.45) is 0 Å². The molecule has 14 rings (SSSR count). The maximum Gasteiger partial charge on any atom is 0.256 e. The summed E-state index contributed by atoms with van der Waals surface area (Å²) in [7, 11) is 6.76. The molecule has 0 saturated carbocycles. The highest BCUT2D eigenvalue weighted by atomic mass is 16.5. The zero-order chi connectivity index (χ0) is 42.2. The van der Waals surface area contributed by atoms with Crippen LogP contribution in [0.5, 0.6) is 11.5 Å². The van der Waals surface area contributed by atoms with Gasteiger partial charge in [0, 0.05) is 83.7 Å². The smallest absolute Gasteiger partial charge is 0.256 e. The second-order valence-corrected chi connectivity index (χ2v) is 18.6. The minimum atomic E-state index is 0.0152. The molecule has 8 aromatic rings. The molecule has 6 nitrogen and oxygen atoms in total. The quantitative estimate of drug-likeness (QED) is 0.195. The van der Waals surface area contributed by atoms with Gasteiger partial charge in [-0.3, -0.25) is 0 Å². The maximum absolute atomic E-state index is 6.71. The van der Waals surface area contributed by atoms with Crippen LogP contribution in [0, 0.1) is 20.8 Å². The molecule has 0 spiro atoms. The first-order valence-corrected chi connectivity index (χ1v) is 22.2. The first kappa shape index (κ1) is 35.4. The van der Waals surface area contributed by atoms with Crippen molar-refractivity contribution in [1.82, 2.24) is 0 Å². The first-order chi connectivity index (χ1) is 30.7. The van der Waals surface area contributed by atoms with E-state index in [2.05, 4.69) is 206 Å². The van der Waals surface area contributed by atoms with Gasteiger partial charge < -0.3 is 29.7 Å². The summed E-state index contributed by atoms with van der Waals surface area (Å²) in [5, 5.41) is 4.03. The second-order valence-electron chi connectivity index (χ2n) is 18.6. The van der Waals surface area contributed by atoms with Crippen LogP contribution in [0.15, 0.2) is 140 Å². The van der Waals surface area contributed by atoms with E-state index >= 15 is 0 Å². The second kappa shape index (κ2) is 12.2. The number of hydrogen-bond donors (Lipinski definition) is 1. The predicted octanol–water partition coefficient (Wildman–Crippen LogP) is 6.35. The number of benzene rings is 8. The van der Waals surface area contributed by atoms with Crippen LogP contribution in [0.3, 0.4) is 0 Å². The van der Waals surface area contributed by atoms with Gasteiger partial charge in [0.25, 0.3) is 20.1 Å². The molecule has 0 atom stereocenters. The van der Waals surface area contributed by atoms with Crippen molar-refractivity contribution in [3.63, 3.8) is 0 Å². The van der Waals surface area contributed by atoms with Crippen molar-refractivity contribution in [2.75, 3.05) is 46.1 Å². The van der Waals surface area contributed by atoms with Gasteiger partial charge in [0.05, 0.1) is 0 Å². The zero-order valence-electron chi connectivity index (χ0n) is 36.2. The lowest BCUT2D eigenvalue weighted by Gasteiger charge is -2.45. The molecule has 0 unspecified atom stereocenters. The molecule has 0 fully saturated rings. The van der Waals surface area contributed by atoms with Crippen molar-refractivity contribution in [3.05, 3.63) is 156 Å². The highest BCUT2D eigenvalue weighted by Crippen LogP contribution is 2.44. The number of fused-ring (bicyclic) bond motifs is 12. The molecule has 0 radical (unpaired) electrons. The molecule has 6 heterocycles. The van der Waals surface area contributed by atoms with E-state index in [0.29, 0.717) is 0 Å². The van der Waals surface area contributed by atoms with Crippen LogP contribution in [0.25, 0.3) is 0 Å². The molecule has 9 heteroatoms. The van der Waals surface area contributed by atoms with Gasteiger partial charge >= 0.3 is 0 Å². The third kappa shape index (κ3) is 4.56. The van der Waals surface area contributed by atoms with Crippen molar-refractivity contribution in [1.29, 1.82) is 0 Å². The van der Waals surface area contributed by atoms with E-state index in [1.807, 2.05) is 0 Å². The van der Waals surface area contributed by atoms with Crippen LogP contribution in [0.2, 0.25) is 0 Å². The third-order valence-electron chi connectivity index (χ3n) is 15.0. The summed E-state index contributed by atoms with van der Waals surface area (Å²) in [6, 6.07) is 52.7. The number of aryl methyl sites for hydroxylation is 3. The fraction of sp³-hybridized carbons (Fsp3) is 0.111. The van der Waals surface area contributed by atoms with Gasteiger partial charge in [-0.1, -0.05) is 66.7 Å². The van der Waals surface area contributed by atoms with E-state index in [4.69, 9.17) is 4.74 Å². The minimum absolute atomic E-state index is 0.0152. The lowest BCUT2D eigenvalue weighted by atomic mass is 9.29. The lowest BCUT2D eigenvalue weighted by Crippen LogP contribution is -2.66. The summed E-state index contributed by atoms with van der Waals surface area (Å²) in [4.78, 5) is 9.78. The molecular weight excluding hydrogens is 767 g/mol. The highest BCUT2D eigenvalue weighted by molar-refractivity contribution is 7.04. The van der Waals surface area contributed by atoms with Gasteiger partial charge in [-0.2, -0.15) is 0 Å². The van der Waals surface area contributed by atoms with Gasteiger partial charge in [0.1, 0.15) is 11.5 Å². The molecule has 298 valence electrons. The van der Waals surface area contributed by atoms with Gasteiger partial charge in [0.15, 0.2) is 0 Å². The van der Waals surface area contributed by atoms with Gasteiger partial charge in [0.2, 0.25) is 0 Å². The Hall–Kier alpha value is -7.25. The van der Waals surface area contributed by atoms with Crippen LogP contribution in [-0.2, 0) is 0 Å². The van der Waals surface area contributed by atoms with E-state index in [-0.39, 0.29) is 20.1 Å². The number of ether oxygens (including phenoxy) is 1. The fourth-order valence-electron chi connectivity index (χ4n) is 12.3.